The second-order valence-corrected chi connectivity index (χ2v) is 7.09. The van der Waals surface area contributed by atoms with Crippen LogP contribution >= 0.6 is 0 Å². The van der Waals surface area contributed by atoms with Crippen LogP contribution in [-0.4, -0.2) is 22.9 Å². The molecule has 3 fully saturated rings. The minimum Gasteiger partial charge on any atom is -0.478 e. The van der Waals surface area contributed by atoms with E-state index in [0.29, 0.717) is 5.69 Å². The number of hydrogen-bond acceptors (Lipinski definition) is 3. The molecule has 1 aromatic carbocycles. The monoisotopic (exact) mass is 309 g/mol. The summed E-state index contributed by atoms with van der Waals surface area (Å²) in [6.45, 7) is 0. The zero-order valence-corrected chi connectivity index (χ0v) is 12.3. The quantitative estimate of drug-likeness (QED) is 0.670. The van der Waals surface area contributed by atoms with Crippen molar-refractivity contribution in [3.05, 3.63) is 42.0 Å². The van der Waals surface area contributed by atoms with Gasteiger partial charge in [0.05, 0.1) is 23.1 Å². The van der Waals surface area contributed by atoms with E-state index in [9.17, 15) is 14.4 Å². The van der Waals surface area contributed by atoms with E-state index >= 15 is 0 Å². The number of carboxylic acids is 1. The molecule has 1 aromatic rings. The van der Waals surface area contributed by atoms with Gasteiger partial charge in [0.2, 0.25) is 11.8 Å². The predicted molar refractivity (Wildman–Crippen MR) is 80.7 cm³/mol. The van der Waals surface area contributed by atoms with Crippen LogP contribution in [0.1, 0.15) is 23.2 Å². The first-order chi connectivity index (χ1) is 11.0. The summed E-state index contributed by atoms with van der Waals surface area (Å²) >= 11 is 0. The summed E-state index contributed by atoms with van der Waals surface area (Å²) in [4.78, 5) is 38.0. The van der Waals surface area contributed by atoms with Crippen LogP contribution in [0, 0.1) is 29.1 Å². The molecule has 0 aromatic heterocycles. The number of hydrogen-bond donors (Lipinski definition) is 1. The maximum absolute atomic E-state index is 12.9. The van der Waals surface area contributed by atoms with Crippen molar-refractivity contribution in [1.29, 1.82) is 0 Å². The van der Waals surface area contributed by atoms with E-state index in [1.54, 1.807) is 12.1 Å². The van der Waals surface area contributed by atoms with E-state index in [1.807, 2.05) is 0 Å². The van der Waals surface area contributed by atoms with E-state index in [2.05, 4.69) is 12.2 Å². The molecule has 1 saturated heterocycles. The Morgan fingerprint density at radius 1 is 1.00 bits per heavy atom. The molecule has 1 heterocycles. The van der Waals surface area contributed by atoms with Gasteiger partial charge < -0.3 is 5.11 Å². The normalized spacial score (nSPS) is 35.2. The van der Waals surface area contributed by atoms with Gasteiger partial charge in [-0.05, 0) is 54.4 Å². The number of carbonyl (C=O) groups is 3. The van der Waals surface area contributed by atoms with Crippen molar-refractivity contribution in [1.82, 2.24) is 0 Å². The van der Waals surface area contributed by atoms with Gasteiger partial charge in [0, 0.05) is 0 Å². The number of anilines is 1. The van der Waals surface area contributed by atoms with Gasteiger partial charge in [-0.1, -0.05) is 12.2 Å². The molecule has 116 valence electrons. The number of benzene rings is 1. The van der Waals surface area contributed by atoms with Crippen molar-refractivity contribution in [2.24, 2.45) is 29.1 Å². The van der Waals surface area contributed by atoms with Crippen LogP contribution in [0.5, 0.6) is 0 Å². The number of fused-ring (bicyclic) bond motifs is 3. The molecule has 2 saturated carbocycles. The zero-order valence-electron chi connectivity index (χ0n) is 12.3. The molecule has 2 bridgehead atoms. The summed E-state index contributed by atoms with van der Waals surface area (Å²) in [5.74, 6) is -1.30. The lowest BCUT2D eigenvalue weighted by Gasteiger charge is -2.21. The molecule has 4 atom stereocenters. The number of allylic oxidation sites excluding steroid dienone is 2. The number of carboxylic acid groups (broad SMARTS) is 1. The molecule has 0 unspecified atom stereocenters. The Morgan fingerprint density at radius 3 is 1.96 bits per heavy atom. The van der Waals surface area contributed by atoms with Crippen molar-refractivity contribution in [2.75, 3.05) is 4.90 Å². The predicted octanol–water partition coefficient (Wildman–Crippen LogP) is 2.09. The molecule has 2 amide bonds. The summed E-state index contributed by atoms with van der Waals surface area (Å²) in [6, 6.07) is 5.95. The van der Waals surface area contributed by atoms with Crippen molar-refractivity contribution >= 4 is 23.5 Å². The topological polar surface area (TPSA) is 74.7 Å². The summed E-state index contributed by atoms with van der Waals surface area (Å²) in [6.07, 6.45) is 6.52. The van der Waals surface area contributed by atoms with Crippen LogP contribution in [0.4, 0.5) is 5.69 Å². The second kappa shape index (κ2) is 3.91. The fraction of sp³-hybridized carbons (Fsp3) is 0.389. The van der Waals surface area contributed by atoms with Gasteiger partial charge in [0.25, 0.3) is 0 Å². The first-order valence-electron chi connectivity index (χ1n) is 7.94. The molecule has 4 aliphatic rings. The van der Waals surface area contributed by atoms with Gasteiger partial charge in [-0.15, -0.1) is 0 Å². The lowest BCUT2D eigenvalue weighted by atomic mass is 9.85. The number of imide groups is 1. The highest BCUT2D eigenvalue weighted by Crippen LogP contribution is 2.73. The highest BCUT2D eigenvalue weighted by Gasteiger charge is 2.73. The summed E-state index contributed by atoms with van der Waals surface area (Å²) in [7, 11) is 0. The average molecular weight is 309 g/mol. The minimum atomic E-state index is -1.02. The molecule has 3 aliphatic carbocycles. The minimum absolute atomic E-state index is 0.119. The lowest BCUT2D eigenvalue weighted by Crippen LogP contribution is -2.34. The molecule has 5 nitrogen and oxygen atoms in total. The van der Waals surface area contributed by atoms with Crippen molar-refractivity contribution in [2.45, 2.75) is 12.8 Å². The summed E-state index contributed by atoms with van der Waals surface area (Å²) in [5.41, 5.74) is 0.815. The van der Waals surface area contributed by atoms with Crippen LogP contribution < -0.4 is 4.90 Å². The Labute approximate surface area is 132 Å². The molecule has 23 heavy (non-hydrogen) atoms. The average Bonchev–Trinajstić information content (AvgIpc) is 3.13. The molecule has 5 rings (SSSR count). The number of aromatic carboxylic acids is 1. The smallest absolute Gasteiger partial charge is 0.335 e. The van der Waals surface area contributed by atoms with Crippen molar-refractivity contribution < 1.29 is 19.5 Å². The van der Waals surface area contributed by atoms with Gasteiger partial charge in [0.1, 0.15) is 0 Å². The largest absolute Gasteiger partial charge is 0.478 e. The third kappa shape index (κ3) is 1.41. The van der Waals surface area contributed by atoms with E-state index in [-0.39, 0.29) is 46.5 Å². The Kier molecular flexibility index (Phi) is 2.22. The molecule has 1 aliphatic heterocycles. The van der Waals surface area contributed by atoms with Crippen LogP contribution in [-0.2, 0) is 9.59 Å². The van der Waals surface area contributed by atoms with E-state index in [1.165, 1.54) is 17.0 Å². The first-order valence-corrected chi connectivity index (χ1v) is 7.94. The zero-order chi connectivity index (χ0) is 15.9. The standard InChI is InChI=1S/C18H15NO4/c20-15-13-11-5-6-12(18(11)7-8-18)14(13)16(21)19(15)10-3-1-9(2-4-10)17(22)23/h1-6,11-14H,7-8H2,(H,22,23)/t11-,12+,13+,14-. The van der Waals surface area contributed by atoms with E-state index < -0.39 is 5.97 Å². The number of nitrogens with zero attached hydrogens (tertiary/aromatic N) is 1. The highest BCUT2D eigenvalue weighted by atomic mass is 16.4. The molecule has 0 radical (unpaired) electrons. The molecular formula is C18H15NO4. The van der Waals surface area contributed by atoms with E-state index in [4.69, 9.17) is 5.11 Å². The lowest BCUT2D eigenvalue weighted by molar-refractivity contribution is -0.123. The van der Waals surface area contributed by atoms with Crippen LogP contribution in [0.15, 0.2) is 36.4 Å². The first kappa shape index (κ1) is 13.0. The Bertz CT molecular complexity index is 756. The van der Waals surface area contributed by atoms with Gasteiger partial charge >= 0.3 is 5.97 Å². The molecule has 5 heteroatoms. The third-order valence-electron chi connectivity index (χ3n) is 6.23. The van der Waals surface area contributed by atoms with Crippen LogP contribution in [0.25, 0.3) is 0 Å². The van der Waals surface area contributed by atoms with Crippen LogP contribution in [0.2, 0.25) is 0 Å². The SMILES string of the molecule is O=C(O)c1ccc(N2C(=O)[C@@H]3[C@H](C2=O)[C@@H]2C=C[C@H]3C23CC3)cc1. The number of carbonyl (C=O) groups excluding carboxylic acids is 2. The van der Waals surface area contributed by atoms with Gasteiger partial charge in [-0.2, -0.15) is 0 Å². The van der Waals surface area contributed by atoms with E-state index in [0.717, 1.165) is 12.8 Å². The molecule has 1 N–H and O–H groups in total. The maximum Gasteiger partial charge on any atom is 0.335 e. The van der Waals surface area contributed by atoms with Crippen molar-refractivity contribution in [3.8, 4) is 0 Å². The Balaban J connectivity index is 1.52. The fourth-order valence-corrected chi connectivity index (χ4v) is 5.09. The highest BCUT2D eigenvalue weighted by molar-refractivity contribution is 6.23. The summed E-state index contributed by atoms with van der Waals surface area (Å²) in [5, 5.41) is 8.96. The fourth-order valence-electron chi connectivity index (χ4n) is 5.09. The third-order valence-corrected chi connectivity index (χ3v) is 6.23. The molecular weight excluding hydrogens is 294 g/mol. The maximum atomic E-state index is 12.9. The summed E-state index contributed by atoms with van der Waals surface area (Å²) < 4.78 is 0. The van der Waals surface area contributed by atoms with Gasteiger partial charge in [0.15, 0.2) is 0 Å². The Hall–Kier alpha value is -2.43. The Morgan fingerprint density at radius 2 is 1.52 bits per heavy atom. The van der Waals surface area contributed by atoms with Crippen molar-refractivity contribution in [3.63, 3.8) is 0 Å². The van der Waals surface area contributed by atoms with Gasteiger partial charge in [-0.25, -0.2) is 4.79 Å². The number of rotatable bonds is 2. The number of amides is 2. The van der Waals surface area contributed by atoms with Gasteiger partial charge in [-0.3, -0.25) is 14.5 Å². The second-order valence-electron chi connectivity index (χ2n) is 7.09. The van der Waals surface area contributed by atoms with Crippen LogP contribution in [0.3, 0.4) is 0 Å². The molecule has 1 spiro atoms.